The smallest absolute Gasteiger partial charge is 0.170 e. The van der Waals surface area contributed by atoms with Gasteiger partial charge in [0.25, 0.3) is 0 Å². The Morgan fingerprint density at radius 3 is 2.53 bits per heavy atom. The number of hydrogen-bond acceptors (Lipinski definition) is 4. The number of hydrogen-bond donors (Lipinski definition) is 0. The van der Waals surface area contributed by atoms with Crippen LogP contribution in [-0.4, -0.2) is 32.8 Å². The van der Waals surface area contributed by atoms with Crippen LogP contribution in [-0.2, 0) is 9.84 Å². The largest absolute Gasteiger partial charge is 0.496 e. The predicted octanol–water partition coefficient (Wildman–Crippen LogP) is 1.93. The number of methoxy groups -OCH3 is 1. The SMILES string of the molecule is COc1c(C(=O)C2CCS(=O)(=O)C2)ccc(C)c1C. The van der Waals surface area contributed by atoms with E-state index in [0.29, 0.717) is 17.7 Å². The molecule has 0 radical (unpaired) electrons. The van der Waals surface area contributed by atoms with E-state index >= 15 is 0 Å². The van der Waals surface area contributed by atoms with Crippen LogP contribution in [0.15, 0.2) is 12.1 Å². The van der Waals surface area contributed by atoms with Gasteiger partial charge in [-0.1, -0.05) is 6.07 Å². The quantitative estimate of drug-likeness (QED) is 0.795. The summed E-state index contributed by atoms with van der Waals surface area (Å²) < 4.78 is 28.3. The molecule has 1 heterocycles. The number of carbonyl (C=O) groups excluding carboxylic acids is 1. The number of Topliss-reactive ketones (excluding diaryl/α,β-unsaturated/α-hetero) is 1. The van der Waals surface area contributed by atoms with E-state index in [-0.39, 0.29) is 17.3 Å². The molecule has 0 N–H and O–H groups in total. The molecule has 0 spiro atoms. The lowest BCUT2D eigenvalue weighted by atomic mass is 9.93. The van der Waals surface area contributed by atoms with Gasteiger partial charge in [0.1, 0.15) is 5.75 Å². The van der Waals surface area contributed by atoms with Crippen LogP contribution >= 0.6 is 0 Å². The third kappa shape index (κ3) is 2.66. The van der Waals surface area contributed by atoms with Gasteiger partial charge in [-0.05, 0) is 37.5 Å². The van der Waals surface area contributed by atoms with E-state index in [1.807, 2.05) is 19.9 Å². The third-order valence-corrected chi connectivity index (χ3v) is 5.52. The van der Waals surface area contributed by atoms with Crippen LogP contribution in [0.3, 0.4) is 0 Å². The highest BCUT2D eigenvalue weighted by Crippen LogP contribution is 2.31. The molecule has 0 bridgehead atoms. The number of rotatable bonds is 3. The molecule has 0 saturated carbocycles. The minimum atomic E-state index is -3.05. The molecule has 1 atom stereocenters. The summed E-state index contributed by atoms with van der Waals surface area (Å²) >= 11 is 0. The molecule has 1 fully saturated rings. The van der Waals surface area contributed by atoms with Gasteiger partial charge in [-0.15, -0.1) is 0 Å². The van der Waals surface area contributed by atoms with Gasteiger partial charge in [0, 0.05) is 5.92 Å². The number of ether oxygens (including phenoxy) is 1. The Kier molecular flexibility index (Phi) is 3.67. The molecule has 4 nitrogen and oxygen atoms in total. The van der Waals surface area contributed by atoms with Crippen LogP contribution in [0.25, 0.3) is 0 Å². The zero-order chi connectivity index (χ0) is 14.2. The Morgan fingerprint density at radius 1 is 1.32 bits per heavy atom. The third-order valence-electron chi connectivity index (χ3n) is 3.75. The lowest BCUT2D eigenvalue weighted by molar-refractivity contribution is 0.0930. The first-order valence-electron chi connectivity index (χ1n) is 6.24. The highest BCUT2D eigenvalue weighted by Gasteiger charge is 2.34. The molecule has 1 unspecified atom stereocenters. The van der Waals surface area contributed by atoms with Gasteiger partial charge >= 0.3 is 0 Å². The van der Waals surface area contributed by atoms with Crippen LogP contribution in [0, 0.1) is 19.8 Å². The molecule has 0 amide bonds. The van der Waals surface area contributed by atoms with E-state index in [1.165, 1.54) is 7.11 Å². The van der Waals surface area contributed by atoms with Crippen molar-refractivity contribution < 1.29 is 17.9 Å². The van der Waals surface area contributed by atoms with Crippen molar-refractivity contribution >= 4 is 15.6 Å². The van der Waals surface area contributed by atoms with Gasteiger partial charge in [-0.2, -0.15) is 0 Å². The second kappa shape index (κ2) is 4.96. The van der Waals surface area contributed by atoms with E-state index in [0.717, 1.165) is 11.1 Å². The van der Waals surface area contributed by atoms with Gasteiger partial charge in [-0.3, -0.25) is 4.79 Å². The van der Waals surface area contributed by atoms with Gasteiger partial charge < -0.3 is 4.74 Å². The minimum Gasteiger partial charge on any atom is -0.496 e. The summed E-state index contributed by atoms with van der Waals surface area (Å²) in [7, 11) is -1.52. The molecule has 2 rings (SSSR count). The standard InChI is InChI=1S/C14H18O4S/c1-9-4-5-12(14(18-3)10(9)2)13(15)11-6-7-19(16,17)8-11/h4-5,11H,6-8H2,1-3H3. The first-order valence-corrected chi connectivity index (χ1v) is 8.06. The molecule has 1 aliphatic heterocycles. The first kappa shape index (κ1) is 14.1. The van der Waals surface area contributed by atoms with Crippen LogP contribution in [0.1, 0.15) is 27.9 Å². The van der Waals surface area contributed by atoms with E-state index in [2.05, 4.69) is 0 Å². The Labute approximate surface area is 113 Å². The lowest BCUT2D eigenvalue weighted by Crippen LogP contribution is -2.17. The Hall–Kier alpha value is -1.36. The fourth-order valence-corrected chi connectivity index (χ4v) is 4.21. The summed E-state index contributed by atoms with van der Waals surface area (Å²) in [6.07, 6.45) is 0.414. The van der Waals surface area contributed by atoms with Crippen molar-refractivity contribution in [2.45, 2.75) is 20.3 Å². The van der Waals surface area contributed by atoms with Crippen molar-refractivity contribution in [2.24, 2.45) is 5.92 Å². The molecule has 0 aliphatic carbocycles. The van der Waals surface area contributed by atoms with Gasteiger partial charge in [0.15, 0.2) is 15.6 Å². The Balaban J connectivity index is 2.38. The van der Waals surface area contributed by atoms with Crippen LogP contribution in [0.5, 0.6) is 5.75 Å². The van der Waals surface area contributed by atoms with Gasteiger partial charge in [-0.25, -0.2) is 8.42 Å². The summed E-state index contributed by atoms with van der Waals surface area (Å²) in [5.74, 6) is 0.0784. The highest BCUT2D eigenvalue weighted by atomic mass is 32.2. The van der Waals surface area contributed by atoms with E-state index in [1.54, 1.807) is 6.07 Å². The summed E-state index contributed by atoms with van der Waals surface area (Å²) in [4.78, 5) is 12.4. The van der Waals surface area contributed by atoms with Crippen molar-refractivity contribution in [3.8, 4) is 5.75 Å². The molecular formula is C14H18O4S. The second-order valence-corrected chi connectivity index (χ2v) is 7.28. The normalized spacial score (nSPS) is 21.3. The zero-order valence-corrected chi connectivity index (χ0v) is 12.2. The fourth-order valence-electron chi connectivity index (χ4n) is 2.47. The molecule has 1 aliphatic rings. The Bertz CT molecular complexity index is 617. The topological polar surface area (TPSA) is 60.4 Å². The van der Waals surface area contributed by atoms with E-state index < -0.39 is 15.8 Å². The number of sulfone groups is 1. The average molecular weight is 282 g/mol. The molecule has 0 aromatic heterocycles. The van der Waals surface area contributed by atoms with Crippen LogP contribution < -0.4 is 4.74 Å². The predicted molar refractivity (Wildman–Crippen MR) is 73.6 cm³/mol. The fraction of sp³-hybridized carbons (Fsp3) is 0.500. The van der Waals surface area contributed by atoms with Crippen molar-refractivity contribution in [2.75, 3.05) is 18.6 Å². The average Bonchev–Trinajstić information content (AvgIpc) is 2.72. The number of aryl methyl sites for hydroxylation is 1. The molecule has 1 aromatic rings. The summed E-state index contributed by atoms with van der Waals surface area (Å²) in [6.45, 7) is 3.85. The molecule has 104 valence electrons. The zero-order valence-electron chi connectivity index (χ0n) is 11.4. The van der Waals surface area contributed by atoms with Crippen LogP contribution in [0.2, 0.25) is 0 Å². The number of carbonyl (C=O) groups is 1. The van der Waals surface area contributed by atoms with E-state index in [4.69, 9.17) is 4.74 Å². The van der Waals surface area contributed by atoms with Crippen molar-refractivity contribution in [1.82, 2.24) is 0 Å². The lowest BCUT2D eigenvalue weighted by Gasteiger charge is -2.14. The molecular weight excluding hydrogens is 264 g/mol. The van der Waals surface area contributed by atoms with Crippen molar-refractivity contribution in [3.63, 3.8) is 0 Å². The van der Waals surface area contributed by atoms with Crippen molar-refractivity contribution in [1.29, 1.82) is 0 Å². The molecule has 1 aromatic carbocycles. The molecule has 1 saturated heterocycles. The number of ketones is 1. The van der Waals surface area contributed by atoms with E-state index in [9.17, 15) is 13.2 Å². The summed E-state index contributed by atoms with van der Waals surface area (Å²) in [6, 6.07) is 3.60. The maximum Gasteiger partial charge on any atom is 0.170 e. The maximum atomic E-state index is 12.4. The van der Waals surface area contributed by atoms with Gasteiger partial charge in [0.05, 0.1) is 24.2 Å². The first-order chi connectivity index (χ1) is 8.85. The Morgan fingerprint density at radius 2 is 2.00 bits per heavy atom. The monoisotopic (exact) mass is 282 g/mol. The minimum absolute atomic E-state index is 0.0398. The highest BCUT2D eigenvalue weighted by molar-refractivity contribution is 7.91. The summed E-state index contributed by atoms with van der Waals surface area (Å²) in [5.41, 5.74) is 2.47. The van der Waals surface area contributed by atoms with Crippen LogP contribution in [0.4, 0.5) is 0 Å². The van der Waals surface area contributed by atoms with Gasteiger partial charge in [0.2, 0.25) is 0 Å². The van der Waals surface area contributed by atoms with Crippen molar-refractivity contribution in [3.05, 3.63) is 28.8 Å². The molecule has 19 heavy (non-hydrogen) atoms. The second-order valence-electron chi connectivity index (χ2n) is 5.05. The maximum absolute atomic E-state index is 12.4. The molecule has 5 heteroatoms. The summed E-state index contributed by atoms with van der Waals surface area (Å²) in [5, 5.41) is 0. The number of benzene rings is 1.